The molecule has 2 aliphatic rings. The maximum atomic E-state index is 12.5. The number of aromatic nitrogens is 3. The van der Waals surface area contributed by atoms with Crippen LogP contribution in [0, 0.1) is 0 Å². The maximum Gasteiger partial charge on any atom is 0.252 e. The Balaban J connectivity index is 1.84. The topological polar surface area (TPSA) is 59.8 Å². The fourth-order valence-electron chi connectivity index (χ4n) is 2.68. The van der Waals surface area contributed by atoms with E-state index in [4.69, 9.17) is 4.98 Å². The summed E-state index contributed by atoms with van der Waals surface area (Å²) >= 11 is 0. The van der Waals surface area contributed by atoms with Crippen molar-refractivity contribution >= 4 is 16.9 Å². The van der Waals surface area contributed by atoms with Gasteiger partial charge in [0.2, 0.25) is 0 Å². The minimum absolute atomic E-state index is 0.0232. The van der Waals surface area contributed by atoms with Crippen molar-refractivity contribution in [3.05, 3.63) is 23.5 Å². The third-order valence-electron chi connectivity index (χ3n) is 4.23. The van der Waals surface area contributed by atoms with E-state index in [1.165, 1.54) is 12.8 Å². The number of fused-ring (bicyclic) bond motifs is 1. The largest absolute Gasteiger partial charge is 0.349 e. The first-order chi connectivity index (χ1) is 10.1. The zero-order valence-corrected chi connectivity index (χ0v) is 12.5. The second kappa shape index (κ2) is 4.55. The van der Waals surface area contributed by atoms with Crippen molar-refractivity contribution in [1.82, 2.24) is 20.1 Å². The Labute approximate surface area is 123 Å². The van der Waals surface area contributed by atoms with Gasteiger partial charge < -0.3 is 5.32 Å². The SMILES string of the molecule is CC(C)n1ncc2c(C(=O)NC3CC3)cc(C3CC3)nc21. The molecule has 0 atom stereocenters. The van der Waals surface area contributed by atoms with Gasteiger partial charge in [-0.3, -0.25) is 4.79 Å². The second-order valence-corrected chi connectivity index (χ2v) is 6.54. The van der Waals surface area contributed by atoms with Gasteiger partial charge in [0.15, 0.2) is 5.65 Å². The summed E-state index contributed by atoms with van der Waals surface area (Å²) in [4.78, 5) is 17.3. The van der Waals surface area contributed by atoms with Gasteiger partial charge in [0, 0.05) is 23.7 Å². The standard InChI is InChI=1S/C16H20N4O/c1-9(2)20-15-13(8-17-20)12(16(21)18-11-5-6-11)7-14(19-15)10-3-4-10/h7-11H,3-6H2,1-2H3,(H,18,21). The number of carbonyl (C=O) groups is 1. The quantitative estimate of drug-likeness (QED) is 0.939. The molecule has 2 fully saturated rings. The van der Waals surface area contributed by atoms with Crippen molar-refractivity contribution in [2.45, 2.75) is 57.5 Å². The molecule has 5 nitrogen and oxygen atoms in total. The summed E-state index contributed by atoms with van der Waals surface area (Å²) in [5.41, 5.74) is 2.63. The van der Waals surface area contributed by atoms with E-state index in [9.17, 15) is 4.79 Å². The van der Waals surface area contributed by atoms with Crippen LogP contribution in [-0.2, 0) is 0 Å². The molecule has 2 heterocycles. The second-order valence-electron chi connectivity index (χ2n) is 6.54. The number of carbonyl (C=O) groups excluding carboxylic acids is 1. The van der Waals surface area contributed by atoms with Crippen LogP contribution in [0.5, 0.6) is 0 Å². The molecular weight excluding hydrogens is 264 g/mol. The minimum atomic E-state index is 0.0232. The highest BCUT2D eigenvalue weighted by molar-refractivity contribution is 6.05. The summed E-state index contributed by atoms with van der Waals surface area (Å²) in [5, 5.41) is 8.38. The Kier molecular flexibility index (Phi) is 2.77. The number of rotatable bonds is 4. The molecule has 0 unspecified atom stereocenters. The van der Waals surface area contributed by atoms with Gasteiger partial charge in [-0.1, -0.05) is 0 Å². The summed E-state index contributed by atoms with van der Waals surface area (Å²) in [6.45, 7) is 4.17. The normalized spacial score (nSPS) is 18.4. The van der Waals surface area contributed by atoms with Gasteiger partial charge in [0.1, 0.15) is 0 Å². The molecule has 0 spiro atoms. The summed E-state index contributed by atoms with van der Waals surface area (Å²) in [7, 11) is 0. The predicted octanol–water partition coefficient (Wildman–Crippen LogP) is 2.78. The number of nitrogens with zero attached hydrogens (tertiary/aromatic N) is 3. The van der Waals surface area contributed by atoms with Crippen molar-refractivity contribution < 1.29 is 4.79 Å². The van der Waals surface area contributed by atoms with Crippen LogP contribution in [0.15, 0.2) is 12.3 Å². The van der Waals surface area contributed by atoms with E-state index in [0.717, 1.165) is 35.1 Å². The van der Waals surface area contributed by atoms with E-state index < -0.39 is 0 Å². The summed E-state index contributed by atoms with van der Waals surface area (Å²) in [6.07, 6.45) is 6.33. The molecule has 21 heavy (non-hydrogen) atoms. The summed E-state index contributed by atoms with van der Waals surface area (Å²) < 4.78 is 1.91. The lowest BCUT2D eigenvalue weighted by Gasteiger charge is -2.10. The molecule has 4 rings (SSSR count). The first kappa shape index (κ1) is 12.8. The number of pyridine rings is 1. The molecule has 0 aromatic carbocycles. The molecule has 2 aliphatic carbocycles. The minimum Gasteiger partial charge on any atom is -0.349 e. The summed E-state index contributed by atoms with van der Waals surface area (Å²) in [6, 6.07) is 2.58. The van der Waals surface area contributed by atoms with Crippen molar-refractivity contribution in [2.75, 3.05) is 0 Å². The molecule has 0 bridgehead atoms. The van der Waals surface area contributed by atoms with E-state index in [1.807, 2.05) is 10.7 Å². The molecule has 1 N–H and O–H groups in total. The predicted molar refractivity (Wildman–Crippen MR) is 80.4 cm³/mol. The molecule has 0 saturated heterocycles. The molecule has 5 heteroatoms. The molecule has 110 valence electrons. The van der Waals surface area contributed by atoms with E-state index in [-0.39, 0.29) is 11.9 Å². The number of nitrogens with one attached hydrogen (secondary N) is 1. The van der Waals surface area contributed by atoms with Crippen LogP contribution in [-0.4, -0.2) is 26.7 Å². The van der Waals surface area contributed by atoms with E-state index in [1.54, 1.807) is 6.20 Å². The van der Waals surface area contributed by atoms with Gasteiger partial charge in [0.05, 0.1) is 17.1 Å². The Morgan fingerprint density at radius 1 is 1.33 bits per heavy atom. The third kappa shape index (κ3) is 2.30. The van der Waals surface area contributed by atoms with E-state index >= 15 is 0 Å². The van der Waals surface area contributed by atoms with Gasteiger partial charge in [-0.2, -0.15) is 5.10 Å². The monoisotopic (exact) mass is 284 g/mol. The zero-order chi connectivity index (χ0) is 14.6. The van der Waals surface area contributed by atoms with Crippen LogP contribution < -0.4 is 5.32 Å². The molecule has 2 aromatic heterocycles. The average molecular weight is 284 g/mol. The molecule has 0 aliphatic heterocycles. The zero-order valence-electron chi connectivity index (χ0n) is 12.5. The van der Waals surface area contributed by atoms with Crippen molar-refractivity contribution in [3.63, 3.8) is 0 Å². The first-order valence-electron chi connectivity index (χ1n) is 7.82. The van der Waals surface area contributed by atoms with Gasteiger partial charge in [-0.05, 0) is 45.6 Å². The highest BCUT2D eigenvalue weighted by Crippen LogP contribution is 2.40. The maximum absolute atomic E-state index is 12.5. The van der Waals surface area contributed by atoms with Crippen LogP contribution in [0.1, 0.15) is 67.5 Å². The average Bonchev–Trinajstić information content (AvgIpc) is 3.36. The number of hydrogen-bond donors (Lipinski definition) is 1. The van der Waals surface area contributed by atoms with Gasteiger partial charge >= 0.3 is 0 Å². The first-order valence-corrected chi connectivity index (χ1v) is 7.82. The van der Waals surface area contributed by atoms with E-state index in [0.29, 0.717) is 12.0 Å². The van der Waals surface area contributed by atoms with E-state index in [2.05, 4.69) is 24.3 Å². The third-order valence-corrected chi connectivity index (χ3v) is 4.23. The Morgan fingerprint density at radius 3 is 2.71 bits per heavy atom. The van der Waals surface area contributed by atoms with Crippen molar-refractivity contribution in [1.29, 1.82) is 0 Å². The summed E-state index contributed by atoms with van der Waals surface area (Å²) in [5.74, 6) is 0.549. The molecule has 0 radical (unpaired) electrons. The van der Waals surface area contributed by atoms with Gasteiger partial charge in [-0.25, -0.2) is 9.67 Å². The Hall–Kier alpha value is -1.91. The number of hydrogen-bond acceptors (Lipinski definition) is 3. The highest BCUT2D eigenvalue weighted by atomic mass is 16.1. The molecular formula is C16H20N4O. The highest BCUT2D eigenvalue weighted by Gasteiger charge is 2.30. The molecule has 2 aromatic rings. The Morgan fingerprint density at radius 2 is 2.10 bits per heavy atom. The van der Waals surface area contributed by atoms with Crippen LogP contribution in [0.25, 0.3) is 11.0 Å². The Bertz CT molecular complexity index is 710. The van der Waals surface area contributed by atoms with Gasteiger partial charge in [-0.15, -0.1) is 0 Å². The van der Waals surface area contributed by atoms with Crippen LogP contribution in [0.2, 0.25) is 0 Å². The van der Waals surface area contributed by atoms with Crippen molar-refractivity contribution in [3.8, 4) is 0 Å². The smallest absolute Gasteiger partial charge is 0.252 e. The number of amides is 1. The lowest BCUT2D eigenvalue weighted by molar-refractivity contribution is 0.0952. The van der Waals surface area contributed by atoms with Crippen LogP contribution in [0.3, 0.4) is 0 Å². The lowest BCUT2D eigenvalue weighted by Crippen LogP contribution is -2.25. The van der Waals surface area contributed by atoms with Crippen LogP contribution in [0.4, 0.5) is 0 Å². The lowest BCUT2D eigenvalue weighted by atomic mass is 10.1. The van der Waals surface area contributed by atoms with Crippen molar-refractivity contribution in [2.24, 2.45) is 0 Å². The molecule has 2 saturated carbocycles. The van der Waals surface area contributed by atoms with Crippen LogP contribution >= 0.6 is 0 Å². The molecule has 1 amide bonds. The van der Waals surface area contributed by atoms with Gasteiger partial charge in [0.25, 0.3) is 5.91 Å². The fraction of sp³-hybridized carbons (Fsp3) is 0.562. The fourth-order valence-corrected chi connectivity index (χ4v) is 2.68.